The number of carbonyl (C=O) groups is 2. The molecule has 0 heterocycles. The highest BCUT2D eigenvalue weighted by atomic mass is 32.2. The molecule has 0 atom stereocenters. The average molecular weight is 374 g/mol. The van der Waals surface area contributed by atoms with Crippen LogP contribution in [0.25, 0.3) is 0 Å². The summed E-state index contributed by atoms with van der Waals surface area (Å²) < 4.78 is 10.6. The summed E-state index contributed by atoms with van der Waals surface area (Å²) in [6.45, 7) is 0.176. The normalized spacial score (nSPS) is 10.2. The first-order valence-electron chi connectivity index (χ1n) is 8.15. The van der Waals surface area contributed by atoms with Crippen molar-refractivity contribution in [2.45, 2.75) is 17.7 Å². The van der Waals surface area contributed by atoms with E-state index in [1.165, 1.54) is 0 Å². The fourth-order valence-corrected chi connectivity index (χ4v) is 2.96. The summed E-state index contributed by atoms with van der Waals surface area (Å²) in [5, 5.41) is 2.84. The average Bonchev–Trinajstić information content (AvgIpc) is 2.63. The second kappa shape index (κ2) is 10.4. The van der Waals surface area contributed by atoms with Crippen LogP contribution in [0.3, 0.4) is 0 Å². The maximum atomic E-state index is 12.2. The zero-order valence-corrected chi connectivity index (χ0v) is 15.4. The van der Waals surface area contributed by atoms with E-state index in [2.05, 4.69) is 5.32 Å². The lowest BCUT2D eigenvalue weighted by Gasteiger charge is -2.12. The van der Waals surface area contributed by atoms with Crippen LogP contribution in [0.2, 0.25) is 0 Å². The summed E-state index contributed by atoms with van der Waals surface area (Å²) in [6, 6.07) is 14.8. The molecule has 0 aliphatic heterocycles. The SMILES string of the molecule is COc1ccc(SCCC(=O)Nc2ccccc2OCCC(N)=O)cc1. The first-order valence-corrected chi connectivity index (χ1v) is 9.14. The third kappa shape index (κ3) is 6.68. The van der Waals surface area contributed by atoms with Gasteiger partial charge in [-0.15, -0.1) is 11.8 Å². The number of carbonyl (C=O) groups excluding carboxylic acids is 2. The summed E-state index contributed by atoms with van der Waals surface area (Å²) in [6.07, 6.45) is 0.493. The van der Waals surface area contributed by atoms with Crippen molar-refractivity contribution in [1.29, 1.82) is 0 Å². The molecule has 3 N–H and O–H groups in total. The van der Waals surface area contributed by atoms with Crippen molar-refractivity contribution >= 4 is 29.3 Å². The second-order valence-electron chi connectivity index (χ2n) is 5.38. The number of anilines is 1. The molecule has 0 radical (unpaired) electrons. The number of nitrogens with one attached hydrogen (secondary N) is 1. The highest BCUT2D eigenvalue weighted by Gasteiger charge is 2.08. The van der Waals surface area contributed by atoms with Gasteiger partial charge in [-0.05, 0) is 36.4 Å². The van der Waals surface area contributed by atoms with Gasteiger partial charge < -0.3 is 20.5 Å². The number of methoxy groups -OCH3 is 1. The standard InChI is InChI=1S/C19H22N2O4S/c1-24-14-6-8-15(9-7-14)26-13-11-19(23)21-16-4-2-3-5-17(16)25-12-10-18(20)22/h2-9H,10-13H2,1H3,(H2,20,22)(H,21,23). The molecular weight excluding hydrogens is 352 g/mol. The Morgan fingerprint density at radius 1 is 1.08 bits per heavy atom. The van der Waals surface area contributed by atoms with Gasteiger partial charge in [0.25, 0.3) is 0 Å². The number of nitrogens with two attached hydrogens (primary N) is 1. The fourth-order valence-electron chi connectivity index (χ4n) is 2.10. The maximum Gasteiger partial charge on any atom is 0.225 e. The number of rotatable bonds is 10. The molecule has 0 bridgehead atoms. The number of hydrogen-bond acceptors (Lipinski definition) is 5. The van der Waals surface area contributed by atoms with E-state index in [4.69, 9.17) is 15.2 Å². The molecule has 26 heavy (non-hydrogen) atoms. The predicted octanol–water partition coefficient (Wildman–Crippen LogP) is 3.07. The molecule has 2 rings (SSSR count). The Labute approximate surface area is 157 Å². The first-order chi connectivity index (χ1) is 12.6. The molecule has 0 aliphatic rings. The molecule has 0 aromatic heterocycles. The number of primary amides is 1. The molecule has 0 fully saturated rings. The quantitative estimate of drug-likeness (QED) is 0.624. The minimum absolute atomic E-state index is 0.100. The Kier molecular flexibility index (Phi) is 7.82. The zero-order chi connectivity index (χ0) is 18.8. The Balaban J connectivity index is 1.80. The van der Waals surface area contributed by atoms with Crippen LogP contribution >= 0.6 is 11.8 Å². The number of thioether (sulfide) groups is 1. The first kappa shape index (κ1) is 19.7. The lowest BCUT2D eigenvalue weighted by molar-refractivity contribution is -0.118. The van der Waals surface area contributed by atoms with Crippen molar-refractivity contribution in [3.8, 4) is 11.5 Å². The summed E-state index contributed by atoms with van der Waals surface area (Å²) >= 11 is 1.60. The lowest BCUT2D eigenvalue weighted by atomic mass is 10.3. The molecule has 0 aliphatic carbocycles. The van der Waals surface area contributed by atoms with Crippen LogP contribution in [-0.4, -0.2) is 31.3 Å². The van der Waals surface area contributed by atoms with Crippen LogP contribution in [-0.2, 0) is 9.59 Å². The third-order valence-corrected chi connectivity index (χ3v) is 4.44. The van der Waals surface area contributed by atoms with Crippen molar-refractivity contribution in [1.82, 2.24) is 0 Å². The van der Waals surface area contributed by atoms with Gasteiger partial charge in [-0.3, -0.25) is 9.59 Å². The molecule has 0 spiro atoms. The van der Waals surface area contributed by atoms with E-state index in [1.807, 2.05) is 30.3 Å². The number of para-hydroxylation sites is 2. The highest BCUT2D eigenvalue weighted by Crippen LogP contribution is 2.25. The number of benzene rings is 2. The minimum Gasteiger partial charge on any atom is -0.497 e. The van der Waals surface area contributed by atoms with Crippen LogP contribution in [0.1, 0.15) is 12.8 Å². The lowest BCUT2D eigenvalue weighted by Crippen LogP contribution is -2.16. The van der Waals surface area contributed by atoms with E-state index in [-0.39, 0.29) is 18.9 Å². The topological polar surface area (TPSA) is 90.7 Å². The van der Waals surface area contributed by atoms with Gasteiger partial charge in [0.1, 0.15) is 11.5 Å². The monoisotopic (exact) mass is 374 g/mol. The number of hydrogen-bond donors (Lipinski definition) is 2. The summed E-state index contributed by atoms with van der Waals surface area (Å²) in [5.41, 5.74) is 5.68. The van der Waals surface area contributed by atoms with Crippen molar-refractivity contribution in [2.75, 3.05) is 24.8 Å². The van der Waals surface area contributed by atoms with E-state index in [0.29, 0.717) is 23.6 Å². The number of amides is 2. The summed E-state index contributed by atoms with van der Waals surface area (Å²) in [5.74, 6) is 1.45. The Morgan fingerprint density at radius 3 is 2.50 bits per heavy atom. The van der Waals surface area contributed by atoms with E-state index >= 15 is 0 Å². The van der Waals surface area contributed by atoms with Gasteiger partial charge in [0.2, 0.25) is 11.8 Å². The molecule has 0 saturated carbocycles. The van der Waals surface area contributed by atoms with Gasteiger partial charge >= 0.3 is 0 Å². The van der Waals surface area contributed by atoms with E-state index in [0.717, 1.165) is 10.6 Å². The predicted molar refractivity (Wildman–Crippen MR) is 103 cm³/mol. The number of ether oxygens (including phenoxy) is 2. The van der Waals surface area contributed by atoms with E-state index in [1.54, 1.807) is 37.1 Å². The third-order valence-electron chi connectivity index (χ3n) is 3.42. The smallest absolute Gasteiger partial charge is 0.225 e. The Hall–Kier alpha value is -2.67. The van der Waals surface area contributed by atoms with Gasteiger partial charge in [-0.1, -0.05) is 12.1 Å². The van der Waals surface area contributed by atoms with Gasteiger partial charge in [-0.25, -0.2) is 0 Å². The van der Waals surface area contributed by atoms with Crippen molar-refractivity contribution in [3.63, 3.8) is 0 Å². The zero-order valence-electron chi connectivity index (χ0n) is 14.6. The van der Waals surface area contributed by atoms with Crippen molar-refractivity contribution < 1.29 is 19.1 Å². The van der Waals surface area contributed by atoms with Crippen LogP contribution in [0.15, 0.2) is 53.4 Å². The fraction of sp³-hybridized carbons (Fsp3) is 0.263. The van der Waals surface area contributed by atoms with Crippen molar-refractivity contribution in [3.05, 3.63) is 48.5 Å². The van der Waals surface area contributed by atoms with E-state index in [9.17, 15) is 9.59 Å². The molecule has 2 amide bonds. The molecule has 7 heteroatoms. The van der Waals surface area contributed by atoms with Gasteiger partial charge in [0.15, 0.2) is 0 Å². The molecule has 0 unspecified atom stereocenters. The second-order valence-corrected chi connectivity index (χ2v) is 6.55. The molecule has 6 nitrogen and oxygen atoms in total. The molecule has 2 aromatic rings. The Morgan fingerprint density at radius 2 is 1.81 bits per heavy atom. The molecule has 2 aromatic carbocycles. The van der Waals surface area contributed by atoms with Crippen molar-refractivity contribution in [2.24, 2.45) is 5.73 Å². The van der Waals surface area contributed by atoms with Crippen LogP contribution in [0, 0.1) is 0 Å². The minimum atomic E-state index is -0.429. The molecular formula is C19H22N2O4S. The van der Waals surface area contributed by atoms with Crippen LogP contribution in [0.5, 0.6) is 11.5 Å². The summed E-state index contributed by atoms with van der Waals surface area (Å²) in [7, 11) is 1.63. The Bertz CT molecular complexity index is 735. The maximum absolute atomic E-state index is 12.2. The highest BCUT2D eigenvalue weighted by molar-refractivity contribution is 7.99. The molecule has 0 saturated heterocycles. The van der Waals surface area contributed by atoms with Gasteiger partial charge in [0.05, 0.1) is 25.8 Å². The summed E-state index contributed by atoms with van der Waals surface area (Å²) in [4.78, 5) is 24.0. The van der Waals surface area contributed by atoms with Crippen LogP contribution < -0.4 is 20.5 Å². The largest absolute Gasteiger partial charge is 0.497 e. The van der Waals surface area contributed by atoms with E-state index < -0.39 is 5.91 Å². The van der Waals surface area contributed by atoms with Gasteiger partial charge in [-0.2, -0.15) is 0 Å². The molecule has 138 valence electrons. The van der Waals surface area contributed by atoms with Gasteiger partial charge in [0, 0.05) is 17.1 Å². The van der Waals surface area contributed by atoms with Crippen LogP contribution in [0.4, 0.5) is 5.69 Å².